The normalized spacial score (nSPS) is 30.6. The van der Waals surface area contributed by atoms with Gasteiger partial charge in [0.25, 0.3) is 5.91 Å². The summed E-state index contributed by atoms with van der Waals surface area (Å²) in [6, 6.07) is 8.29. The quantitative estimate of drug-likeness (QED) is 0.441. The van der Waals surface area contributed by atoms with Crippen molar-refractivity contribution in [2.24, 2.45) is 23.2 Å². The minimum atomic E-state index is -0.514. The van der Waals surface area contributed by atoms with E-state index >= 15 is 0 Å². The van der Waals surface area contributed by atoms with Crippen molar-refractivity contribution in [1.29, 1.82) is 0 Å². The van der Waals surface area contributed by atoms with Crippen LogP contribution in [0.3, 0.4) is 0 Å². The zero-order chi connectivity index (χ0) is 19.4. The molecule has 2 fully saturated rings. The fourth-order valence-corrected chi connectivity index (χ4v) is 5.99. The lowest BCUT2D eigenvalue weighted by atomic mass is 9.56. The zero-order valence-corrected chi connectivity index (χ0v) is 16.9. The van der Waals surface area contributed by atoms with Gasteiger partial charge in [0.15, 0.2) is 0 Å². The lowest BCUT2D eigenvalue weighted by Gasteiger charge is -2.51. The highest BCUT2D eigenvalue weighted by atomic mass is 16.5. The summed E-state index contributed by atoms with van der Waals surface area (Å²) in [6.07, 6.45) is 10.1. The number of hydrogen-bond acceptors (Lipinski definition) is 3. The fourth-order valence-electron chi connectivity index (χ4n) is 5.99. The van der Waals surface area contributed by atoms with E-state index in [9.17, 15) is 4.79 Å². The zero-order valence-electron chi connectivity index (χ0n) is 16.9. The average Bonchev–Trinajstić information content (AvgIpc) is 2.58. The predicted octanol–water partition coefficient (Wildman–Crippen LogP) is 4.49. The Morgan fingerprint density at radius 1 is 1.19 bits per heavy atom. The molecule has 0 aliphatic heterocycles. The van der Waals surface area contributed by atoms with Crippen LogP contribution in [-0.4, -0.2) is 29.6 Å². The van der Waals surface area contributed by atoms with Crippen LogP contribution in [0.5, 0.6) is 0 Å². The van der Waals surface area contributed by atoms with Crippen molar-refractivity contribution in [1.82, 2.24) is 10.4 Å². The molecular weight excluding hydrogens is 336 g/mol. The number of carbonyl (C=O) groups is 1. The molecule has 4 heteroatoms. The van der Waals surface area contributed by atoms with Gasteiger partial charge in [0.1, 0.15) is 0 Å². The van der Waals surface area contributed by atoms with Crippen LogP contribution in [0.1, 0.15) is 57.1 Å². The van der Waals surface area contributed by atoms with Gasteiger partial charge in [-0.1, -0.05) is 38.1 Å². The monoisotopic (exact) mass is 370 g/mol. The van der Waals surface area contributed by atoms with Gasteiger partial charge in [-0.05, 0) is 79.5 Å². The van der Waals surface area contributed by atoms with Crippen molar-refractivity contribution in [3.05, 3.63) is 41.5 Å². The number of carbonyl (C=O) groups excluding carboxylic acids is 1. The van der Waals surface area contributed by atoms with Gasteiger partial charge in [0.05, 0.1) is 0 Å². The molecule has 2 aliphatic carbocycles. The van der Waals surface area contributed by atoms with E-state index in [0.717, 1.165) is 29.9 Å². The van der Waals surface area contributed by atoms with Gasteiger partial charge in [-0.3, -0.25) is 10.0 Å². The van der Waals surface area contributed by atoms with Gasteiger partial charge in [0.2, 0.25) is 0 Å². The molecule has 0 heterocycles. The highest BCUT2D eigenvalue weighted by Gasteiger charge is 2.44. The first-order chi connectivity index (χ1) is 12.9. The molecule has 0 radical (unpaired) electrons. The van der Waals surface area contributed by atoms with Gasteiger partial charge in [-0.25, -0.2) is 5.48 Å². The highest BCUT2D eigenvalue weighted by molar-refractivity contribution is 5.90. The van der Waals surface area contributed by atoms with Crippen LogP contribution >= 0.6 is 0 Å². The van der Waals surface area contributed by atoms with Crippen LogP contribution in [0.25, 0.3) is 6.08 Å². The molecule has 4 nitrogen and oxygen atoms in total. The van der Waals surface area contributed by atoms with Crippen molar-refractivity contribution in [3.63, 3.8) is 0 Å². The van der Waals surface area contributed by atoms with E-state index in [1.54, 1.807) is 11.6 Å². The molecule has 0 aromatic heterocycles. The molecule has 0 spiro atoms. The number of hydroxylamine groups is 1. The van der Waals surface area contributed by atoms with Gasteiger partial charge >= 0.3 is 0 Å². The Hall–Kier alpha value is -1.65. The summed E-state index contributed by atoms with van der Waals surface area (Å²) in [6.45, 7) is 7.03. The number of benzene rings is 1. The van der Waals surface area contributed by atoms with Gasteiger partial charge < -0.3 is 4.90 Å². The number of amides is 1. The lowest BCUT2D eigenvalue weighted by molar-refractivity contribution is -0.124. The van der Waals surface area contributed by atoms with E-state index in [-0.39, 0.29) is 0 Å². The van der Waals surface area contributed by atoms with E-state index in [0.29, 0.717) is 5.41 Å². The Balaban J connectivity index is 1.59. The second-order valence-electron chi connectivity index (χ2n) is 9.38. The number of fused-ring (bicyclic) bond motifs is 2. The van der Waals surface area contributed by atoms with Crippen molar-refractivity contribution >= 4 is 12.0 Å². The molecule has 2 N–H and O–H groups in total. The maximum atomic E-state index is 11.1. The molecule has 1 aromatic rings. The molecule has 2 atom stereocenters. The summed E-state index contributed by atoms with van der Waals surface area (Å²) in [7, 11) is 2.25. The highest BCUT2D eigenvalue weighted by Crippen LogP contribution is 2.53. The molecule has 3 rings (SSSR count). The Morgan fingerprint density at radius 2 is 1.81 bits per heavy atom. The molecule has 0 saturated heterocycles. The van der Waals surface area contributed by atoms with Gasteiger partial charge in [-0.2, -0.15) is 0 Å². The summed E-state index contributed by atoms with van der Waals surface area (Å²) in [5, 5.41) is 8.53. The van der Waals surface area contributed by atoms with E-state index in [2.05, 4.69) is 37.9 Å². The maximum Gasteiger partial charge on any atom is 0.267 e. The van der Waals surface area contributed by atoms with E-state index in [1.165, 1.54) is 50.3 Å². The second-order valence-corrected chi connectivity index (χ2v) is 9.38. The SMILES string of the molecule is CC1CC2CC(C)CC(CN(C)Cc3ccc(/C=C/C(=O)NO)cc3)(C1)C2. The largest absolute Gasteiger partial charge is 0.302 e. The first-order valence-electron chi connectivity index (χ1n) is 10.3. The molecule has 1 aromatic carbocycles. The molecular formula is C23H34N2O2. The lowest BCUT2D eigenvalue weighted by Crippen LogP contribution is -2.45. The minimum Gasteiger partial charge on any atom is -0.302 e. The third kappa shape index (κ3) is 5.43. The Morgan fingerprint density at radius 3 is 2.41 bits per heavy atom. The Bertz CT molecular complexity index is 648. The summed E-state index contributed by atoms with van der Waals surface area (Å²) >= 11 is 0. The third-order valence-electron chi connectivity index (χ3n) is 6.33. The standard InChI is InChI=1S/C23H34N2O2/c1-17-10-21-11-18(2)13-23(12-17,14-21)16-25(3)15-20-6-4-19(5-7-20)8-9-22(26)24-27/h4-9,17-18,21,27H,10-16H2,1-3H3,(H,24,26)/b9-8+. The first kappa shape index (κ1) is 20.1. The molecule has 2 unspecified atom stereocenters. The molecule has 1 amide bonds. The summed E-state index contributed by atoms with van der Waals surface area (Å²) < 4.78 is 0. The summed E-state index contributed by atoms with van der Waals surface area (Å²) in [5.41, 5.74) is 4.36. The van der Waals surface area contributed by atoms with Crippen LogP contribution in [0.4, 0.5) is 0 Å². The van der Waals surface area contributed by atoms with Gasteiger partial charge in [0, 0.05) is 19.2 Å². The van der Waals surface area contributed by atoms with Crippen molar-refractivity contribution in [2.45, 2.75) is 52.5 Å². The summed E-state index contributed by atoms with van der Waals surface area (Å²) in [5.74, 6) is 2.16. The number of rotatable bonds is 6. The Labute approximate surface area is 163 Å². The second kappa shape index (κ2) is 8.57. The third-order valence-corrected chi connectivity index (χ3v) is 6.33. The topological polar surface area (TPSA) is 52.6 Å². The number of hydrogen-bond donors (Lipinski definition) is 2. The van der Waals surface area contributed by atoms with E-state index < -0.39 is 5.91 Å². The van der Waals surface area contributed by atoms with Crippen LogP contribution < -0.4 is 5.48 Å². The summed E-state index contributed by atoms with van der Waals surface area (Å²) in [4.78, 5) is 13.6. The average molecular weight is 371 g/mol. The van der Waals surface area contributed by atoms with E-state index in [1.807, 2.05) is 12.1 Å². The maximum absolute atomic E-state index is 11.1. The molecule has 2 saturated carbocycles. The fraction of sp³-hybridized carbons (Fsp3) is 0.609. The molecule has 27 heavy (non-hydrogen) atoms. The number of nitrogens with one attached hydrogen (secondary N) is 1. The van der Waals surface area contributed by atoms with Crippen LogP contribution in [0.2, 0.25) is 0 Å². The van der Waals surface area contributed by atoms with Crippen LogP contribution in [0.15, 0.2) is 30.3 Å². The van der Waals surface area contributed by atoms with Crippen molar-refractivity contribution < 1.29 is 10.0 Å². The van der Waals surface area contributed by atoms with E-state index in [4.69, 9.17) is 5.21 Å². The van der Waals surface area contributed by atoms with Crippen LogP contribution in [-0.2, 0) is 11.3 Å². The molecule has 2 bridgehead atoms. The Kier molecular flexibility index (Phi) is 6.38. The smallest absolute Gasteiger partial charge is 0.267 e. The minimum absolute atomic E-state index is 0.509. The molecule has 2 aliphatic rings. The number of nitrogens with zero attached hydrogens (tertiary/aromatic N) is 1. The van der Waals surface area contributed by atoms with Crippen molar-refractivity contribution in [3.8, 4) is 0 Å². The molecule has 148 valence electrons. The van der Waals surface area contributed by atoms with Crippen molar-refractivity contribution in [2.75, 3.05) is 13.6 Å². The first-order valence-corrected chi connectivity index (χ1v) is 10.3. The van der Waals surface area contributed by atoms with Gasteiger partial charge in [-0.15, -0.1) is 0 Å². The predicted molar refractivity (Wildman–Crippen MR) is 109 cm³/mol. The van der Waals surface area contributed by atoms with Crippen LogP contribution in [0, 0.1) is 23.2 Å².